The van der Waals surface area contributed by atoms with Gasteiger partial charge in [-0.05, 0) is 23.3 Å². The van der Waals surface area contributed by atoms with Crippen LogP contribution in [0.3, 0.4) is 0 Å². The molecule has 0 bridgehead atoms. The van der Waals surface area contributed by atoms with Crippen molar-refractivity contribution in [1.29, 1.82) is 0 Å². The van der Waals surface area contributed by atoms with Gasteiger partial charge < -0.3 is 4.42 Å². The van der Waals surface area contributed by atoms with Gasteiger partial charge in [0.1, 0.15) is 11.1 Å². The highest BCUT2D eigenvalue weighted by Crippen LogP contribution is 2.28. The lowest BCUT2D eigenvalue weighted by Gasteiger charge is -2.03. The van der Waals surface area contributed by atoms with E-state index < -0.39 is 11.5 Å². The topological polar surface area (TPSA) is 72.2 Å². The lowest BCUT2D eigenvalue weighted by atomic mass is 10.0. The van der Waals surface area contributed by atoms with Gasteiger partial charge in [-0.2, -0.15) is 0 Å². The van der Waals surface area contributed by atoms with E-state index in [1.165, 1.54) is 17.4 Å². The third kappa shape index (κ3) is 3.89. The van der Waals surface area contributed by atoms with Crippen molar-refractivity contribution in [3.63, 3.8) is 0 Å². The van der Waals surface area contributed by atoms with E-state index >= 15 is 0 Å². The summed E-state index contributed by atoms with van der Waals surface area (Å²) >= 11 is 1.30. The molecule has 6 heteroatoms. The molecule has 0 aliphatic heterocycles. The van der Waals surface area contributed by atoms with E-state index in [4.69, 9.17) is 4.42 Å². The van der Waals surface area contributed by atoms with Gasteiger partial charge in [0.25, 0.3) is 5.91 Å². The van der Waals surface area contributed by atoms with Crippen molar-refractivity contribution in [3.05, 3.63) is 106 Å². The maximum atomic E-state index is 12.6. The van der Waals surface area contributed by atoms with E-state index in [1.54, 1.807) is 18.2 Å². The zero-order valence-corrected chi connectivity index (χ0v) is 17.1. The molecule has 5 aromatic rings. The smallest absolute Gasteiger partial charge is 0.349 e. The van der Waals surface area contributed by atoms with Crippen molar-refractivity contribution in [2.75, 3.05) is 5.32 Å². The Morgan fingerprint density at radius 1 is 0.839 bits per heavy atom. The third-order valence-corrected chi connectivity index (χ3v) is 5.66. The van der Waals surface area contributed by atoms with Crippen LogP contribution in [0.2, 0.25) is 0 Å². The number of nitrogens with one attached hydrogen (secondary N) is 1. The lowest BCUT2D eigenvalue weighted by Crippen LogP contribution is -2.20. The van der Waals surface area contributed by atoms with Crippen molar-refractivity contribution in [1.82, 2.24) is 4.98 Å². The summed E-state index contributed by atoms with van der Waals surface area (Å²) in [6.07, 6.45) is 0. The summed E-state index contributed by atoms with van der Waals surface area (Å²) in [6, 6.07) is 26.8. The molecule has 31 heavy (non-hydrogen) atoms. The largest absolute Gasteiger partial charge is 0.422 e. The van der Waals surface area contributed by atoms with Crippen LogP contribution < -0.4 is 10.9 Å². The van der Waals surface area contributed by atoms with Gasteiger partial charge in [0.2, 0.25) is 0 Å². The van der Waals surface area contributed by atoms with Gasteiger partial charge in [0.15, 0.2) is 5.13 Å². The molecule has 0 spiro atoms. The molecule has 0 aliphatic rings. The molecule has 0 unspecified atom stereocenters. The molecule has 1 N–H and O–H groups in total. The Kier molecular flexibility index (Phi) is 4.90. The van der Waals surface area contributed by atoms with E-state index in [0.29, 0.717) is 16.1 Å². The predicted octanol–water partition coefficient (Wildman–Crippen LogP) is 5.84. The van der Waals surface area contributed by atoms with Crippen LogP contribution in [0, 0.1) is 0 Å². The van der Waals surface area contributed by atoms with E-state index in [0.717, 1.165) is 22.4 Å². The molecule has 3 aromatic carbocycles. The van der Waals surface area contributed by atoms with Gasteiger partial charge in [0.05, 0.1) is 5.69 Å². The van der Waals surface area contributed by atoms with Crippen molar-refractivity contribution < 1.29 is 9.21 Å². The van der Waals surface area contributed by atoms with Crippen molar-refractivity contribution in [2.45, 2.75) is 0 Å². The number of aromatic nitrogens is 1. The summed E-state index contributed by atoms with van der Waals surface area (Å²) in [5, 5.41) is 5.67. The average Bonchev–Trinajstić information content (AvgIpc) is 3.27. The molecule has 150 valence electrons. The number of benzene rings is 3. The molecular weight excluding hydrogens is 408 g/mol. The fraction of sp³-hybridized carbons (Fsp3) is 0. The first-order valence-corrected chi connectivity index (χ1v) is 10.5. The summed E-state index contributed by atoms with van der Waals surface area (Å²) in [4.78, 5) is 29.3. The highest BCUT2D eigenvalue weighted by Gasteiger charge is 2.16. The van der Waals surface area contributed by atoms with Crippen LogP contribution in [-0.4, -0.2) is 10.9 Å². The maximum Gasteiger partial charge on any atom is 0.349 e. The highest BCUT2D eigenvalue weighted by atomic mass is 32.1. The molecule has 0 fully saturated rings. The molecule has 0 saturated heterocycles. The normalized spacial score (nSPS) is 10.8. The Morgan fingerprint density at radius 3 is 2.32 bits per heavy atom. The molecule has 2 heterocycles. The minimum atomic E-state index is -0.676. The number of para-hydroxylation sites is 1. The zero-order chi connectivity index (χ0) is 21.2. The minimum absolute atomic E-state index is 0.0531. The van der Waals surface area contributed by atoms with Gasteiger partial charge >= 0.3 is 5.63 Å². The molecule has 5 rings (SSSR count). The molecule has 1 amide bonds. The number of fused-ring (bicyclic) bond motifs is 1. The Bertz CT molecular complexity index is 1440. The molecule has 2 aromatic heterocycles. The molecule has 0 radical (unpaired) electrons. The number of rotatable bonds is 4. The molecule has 0 saturated carbocycles. The zero-order valence-electron chi connectivity index (χ0n) is 16.2. The van der Waals surface area contributed by atoms with E-state index in [2.05, 4.69) is 22.4 Å². The van der Waals surface area contributed by atoms with Gasteiger partial charge in [-0.25, -0.2) is 9.78 Å². The first-order chi connectivity index (χ1) is 15.2. The van der Waals surface area contributed by atoms with Crippen LogP contribution in [0.25, 0.3) is 33.4 Å². The van der Waals surface area contributed by atoms with Gasteiger partial charge in [0, 0.05) is 16.3 Å². The average molecular weight is 424 g/mol. The Balaban J connectivity index is 1.36. The van der Waals surface area contributed by atoms with Crippen molar-refractivity contribution in [3.8, 4) is 22.4 Å². The second-order valence-electron chi connectivity index (χ2n) is 6.92. The van der Waals surface area contributed by atoms with E-state index in [1.807, 2.05) is 53.9 Å². The van der Waals surface area contributed by atoms with Crippen LogP contribution in [-0.2, 0) is 0 Å². The predicted molar refractivity (Wildman–Crippen MR) is 123 cm³/mol. The monoisotopic (exact) mass is 424 g/mol. The second-order valence-corrected chi connectivity index (χ2v) is 7.78. The van der Waals surface area contributed by atoms with Crippen molar-refractivity contribution >= 4 is 33.3 Å². The van der Waals surface area contributed by atoms with Crippen molar-refractivity contribution in [2.24, 2.45) is 0 Å². The number of thiazole rings is 1. The number of hydrogen-bond donors (Lipinski definition) is 1. The third-order valence-electron chi connectivity index (χ3n) is 4.90. The summed E-state index contributed by atoms with van der Waals surface area (Å²) < 4.78 is 5.24. The number of nitrogens with zero attached hydrogens (tertiary/aromatic N) is 1. The van der Waals surface area contributed by atoms with Crippen LogP contribution in [0.4, 0.5) is 5.13 Å². The molecular formula is C25H16N2O3S. The number of carbonyl (C=O) groups excluding carboxylic acids is 1. The van der Waals surface area contributed by atoms with E-state index in [9.17, 15) is 9.59 Å². The molecule has 5 nitrogen and oxygen atoms in total. The number of anilines is 1. The Hall–Kier alpha value is -4.03. The summed E-state index contributed by atoms with van der Waals surface area (Å²) in [7, 11) is 0. The fourth-order valence-corrected chi connectivity index (χ4v) is 4.03. The Labute approximate surface area is 181 Å². The summed E-state index contributed by atoms with van der Waals surface area (Å²) in [5.41, 5.74) is 3.68. The number of hydrogen-bond acceptors (Lipinski definition) is 5. The summed E-state index contributed by atoms with van der Waals surface area (Å²) in [5.74, 6) is -0.542. The van der Waals surface area contributed by atoms with Gasteiger partial charge in [-0.3, -0.25) is 10.1 Å². The standard InChI is InChI=1S/C25H16N2O3S/c28-23(20-14-19-8-4-5-9-22(19)30-24(20)29)27-25-26-21(15-31-25)18-12-10-17(11-13-18)16-6-2-1-3-7-16/h1-15H,(H,26,27,28). The Morgan fingerprint density at radius 2 is 1.52 bits per heavy atom. The van der Waals surface area contributed by atoms with Crippen LogP contribution >= 0.6 is 11.3 Å². The first kappa shape index (κ1) is 19.0. The number of amides is 1. The van der Waals surface area contributed by atoms with Gasteiger partial charge in [-0.15, -0.1) is 11.3 Å². The fourth-order valence-electron chi connectivity index (χ4n) is 3.31. The van der Waals surface area contributed by atoms with Crippen LogP contribution in [0.15, 0.2) is 99.5 Å². The lowest BCUT2D eigenvalue weighted by molar-refractivity contribution is 0.102. The first-order valence-electron chi connectivity index (χ1n) is 9.63. The number of carbonyl (C=O) groups is 1. The van der Waals surface area contributed by atoms with Crippen LogP contribution in [0.1, 0.15) is 10.4 Å². The van der Waals surface area contributed by atoms with Crippen LogP contribution in [0.5, 0.6) is 0 Å². The molecule has 0 atom stereocenters. The maximum absolute atomic E-state index is 12.6. The minimum Gasteiger partial charge on any atom is -0.422 e. The summed E-state index contributed by atoms with van der Waals surface area (Å²) in [6.45, 7) is 0. The second kappa shape index (κ2) is 8.01. The SMILES string of the molecule is O=C(Nc1nc(-c2ccc(-c3ccccc3)cc2)cs1)c1cc2ccccc2oc1=O. The molecule has 0 aliphatic carbocycles. The van der Waals surface area contributed by atoms with E-state index in [-0.39, 0.29) is 5.56 Å². The van der Waals surface area contributed by atoms with Gasteiger partial charge in [-0.1, -0.05) is 72.8 Å². The highest BCUT2D eigenvalue weighted by molar-refractivity contribution is 7.14. The quantitative estimate of drug-likeness (QED) is 0.368.